The molecule has 1 aliphatic heterocycles. The van der Waals surface area contributed by atoms with Gasteiger partial charge in [-0.3, -0.25) is 4.90 Å². The summed E-state index contributed by atoms with van der Waals surface area (Å²) < 4.78 is 0. The van der Waals surface area contributed by atoms with Crippen molar-refractivity contribution in [2.24, 2.45) is 0 Å². The number of rotatable bonds is 5. The van der Waals surface area contributed by atoms with Gasteiger partial charge >= 0.3 is 0 Å². The Morgan fingerprint density at radius 2 is 1.84 bits per heavy atom. The molecular weight excluding hydrogens is 332 g/mol. The maximum absolute atomic E-state index is 10.3. The average Bonchev–Trinajstić information content (AvgIpc) is 2.67. The van der Waals surface area contributed by atoms with E-state index in [0.29, 0.717) is 12.0 Å². The minimum absolute atomic E-state index is 0.491. The van der Waals surface area contributed by atoms with Crippen LogP contribution in [-0.4, -0.2) is 29.6 Å². The number of aliphatic hydroxyl groups is 1. The van der Waals surface area contributed by atoms with Crippen molar-refractivity contribution >= 4 is 17.2 Å². The fourth-order valence-corrected chi connectivity index (χ4v) is 3.22. The van der Waals surface area contributed by atoms with Crippen LogP contribution in [0.1, 0.15) is 35.6 Å². The van der Waals surface area contributed by atoms with Gasteiger partial charge in [0.25, 0.3) is 0 Å². The first-order chi connectivity index (χ1) is 12.2. The van der Waals surface area contributed by atoms with Crippen LogP contribution >= 0.6 is 11.6 Å². The van der Waals surface area contributed by atoms with Gasteiger partial charge in [0.15, 0.2) is 0 Å². The molecule has 0 aromatic heterocycles. The predicted octanol–water partition coefficient (Wildman–Crippen LogP) is 4.42. The fourth-order valence-electron chi connectivity index (χ4n) is 3.09. The van der Waals surface area contributed by atoms with E-state index >= 15 is 0 Å². The van der Waals surface area contributed by atoms with Crippen molar-refractivity contribution in [1.29, 1.82) is 5.26 Å². The highest BCUT2D eigenvalue weighted by atomic mass is 35.5. The van der Waals surface area contributed by atoms with Crippen molar-refractivity contribution in [3.63, 3.8) is 0 Å². The summed E-state index contributed by atoms with van der Waals surface area (Å²) in [5, 5.41) is 19.9. The summed E-state index contributed by atoms with van der Waals surface area (Å²) in [4.78, 5) is 2.35. The van der Waals surface area contributed by atoms with Gasteiger partial charge in [0.05, 0.1) is 17.7 Å². The molecule has 0 aliphatic carbocycles. The third-order valence-electron chi connectivity index (χ3n) is 4.65. The van der Waals surface area contributed by atoms with Crippen LogP contribution in [-0.2, 0) is 0 Å². The van der Waals surface area contributed by atoms with E-state index < -0.39 is 6.10 Å². The molecule has 3 rings (SSSR count). The Kier molecular flexibility index (Phi) is 5.88. The lowest BCUT2D eigenvalue weighted by Gasteiger charge is -2.27. The molecule has 0 radical (unpaired) electrons. The number of halogens is 1. The van der Waals surface area contributed by atoms with Gasteiger partial charge in [0, 0.05) is 24.7 Å². The average molecular weight is 353 g/mol. The molecule has 3 nitrogen and oxygen atoms in total. The van der Waals surface area contributed by atoms with Gasteiger partial charge in [-0.1, -0.05) is 41.9 Å². The van der Waals surface area contributed by atoms with Crippen LogP contribution in [0, 0.1) is 11.3 Å². The highest BCUT2D eigenvalue weighted by molar-refractivity contribution is 6.30. The van der Waals surface area contributed by atoms with Crippen molar-refractivity contribution in [3.05, 3.63) is 76.3 Å². The fraction of sp³-hybridized carbons (Fsp3) is 0.286. The summed E-state index contributed by atoms with van der Waals surface area (Å²) in [5.41, 5.74) is 4.09. The van der Waals surface area contributed by atoms with E-state index in [4.69, 9.17) is 16.9 Å². The quantitative estimate of drug-likeness (QED) is 0.866. The van der Waals surface area contributed by atoms with E-state index in [2.05, 4.69) is 29.2 Å². The molecule has 0 amide bonds. The molecule has 1 N–H and O–H groups in total. The standard InChI is InChI=1S/C21H21ClN2O/c22-20-7-5-17(6-8-20)18-9-12-24(13-10-18)14-11-21(25)19-3-1-16(15-23)2-4-19/h1-9,21,25H,10-14H2. The lowest BCUT2D eigenvalue weighted by molar-refractivity contribution is 0.145. The maximum atomic E-state index is 10.3. The van der Waals surface area contributed by atoms with Crippen LogP contribution in [0.4, 0.5) is 0 Å². The summed E-state index contributed by atoms with van der Waals surface area (Å²) in [6, 6.07) is 17.3. The Bertz CT molecular complexity index is 775. The number of hydrogen-bond donors (Lipinski definition) is 1. The van der Waals surface area contributed by atoms with Crippen LogP contribution in [0.15, 0.2) is 54.6 Å². The molecule has 1 heterocycles. The van der Waals surface area contributed by atoms with Crippen molar-refractivity contribution in [1.82, 2.24) is 4.90 Å². The third kappa shape index (κ3) is 4.70. The van der Waals surface area contributed by atoms with Gasteiger partial charge in [0.2, 0.25) is 0 Å². The normalized spacial score (nSPS) is 16.1. The SMILES string of the molecule is N#Cc1ccc(C(O)CCN2CC=C(c3ccc(Cl)cc3)CC2)cc1. The van der Waals surface area contributed by atoms with Crippen LogP contribution in [0.25, 0.3) is 5.57 Å². The number of nitriles is 1. The molecule has 2 aromatic rings. The Hall–Kier alpha value is -2.12. The number of aliphatic hydroxyl groups excluding tert-OH is 1. The van der Waals surface area contributed by atoms with Crippen molar-refractivity contribution in [3.8, 4) is 6.07 Å². The monoisotopic (exact) mass is 352 g/mol. The second kappa shape index (κ2) is 8.31. The highest BCUT2D eigenvalue weighted by Crippen LogP contribution is 2.25. The molecule has 4 heteroatoms. The Balaban J connectivity index is 1.51. The Labute approximate surface area is 153 Å². The predicted molar refractivity (Wildman–Crippen MR) is 101 cm³/mol. The summed E-state index contributed by atoms with van der Waals surface area (Å²) in [6.45, 7) is 2.75. The van der Waals surface area contributed by atoms with Crippen molar-refractivity contribution in [2.75, 3.05) is 19.6 Å². The molecule has 0 spiro atoms. The van der Waals surface area contributed by atoms with E-state index in [1.54, 1.807) is 12.1 Å². The molecule has 25 heavy (non-hydrogen) atoms. The molecule has 0 saturated heterocycles. The minimum Gasteiger partial charge on any atom is -0.388 e. The Morgan fingerprint density at radius 1 is 1.12 bits per heavy atom. The van der Waals surface area contributed by atoms with E-state index in [9.17, 15) is 5.11 Å². The second-order valence-corrected chi connectivity index (χ2v) is 6.76. The van der Waals surface area contributed by atoms with Gasteiger partial charge in [-0.25, -0.2) is 0 Å². The molecular formula is C21H21ClN2O. The smallest absolute Gasteiger partial charge is 0.0991 e. The zero-order valence-corrected chi connectivity index (χ0v) is 14.8. The van der Waals surface area contributed by atoms with E-state index in [-0.39, 0.29) is 0 Å². The van der Waals surface area contributed by atoms with Gasteiger partial charge in [-0.15, -0.1) is 0 Å². The summed E-state index contributed by atoms with van der Waals surface area (Å²) >= 11 is 5.94. The highest BCUT2D eigenvalue weighted by Gasteiger charge is 2.15. The van der Waals surface area contributed by atoms with E-state index in [1.807, 2.05) is 24.3 Å². The summed E-state index contributed by atoms with van der Waals surface area (Å²) in [5.74, 6) is 0. The molecule has 0 fully saturated rings. The van der Waals surface area contributed by atoms with Crippen LogP contribution in [0.3, 0.4) is 0 Å². The molecule has 1 atom stereocenters. The van der Waals surface area contributed by atoms with Crippen molar-refractivity contribution < 1.29 is 5.11 Å². The minimum atomic E-state index is -0.491. The topological polar surface area (TPSA) is 47.3 Å². The van der Waals surface area contributed by atoms with Gasteiger partial charge in [-0.2, -0.15) is 5.26 Å². The van der Waals surface area contributed by atoms with E-state index in [0.717, 1.165) is 36.6 Å². The van der Waals surface area contributed by atoms with Gasteiger partial charge in [-0.05, 0) is 53.8 Å². The third-order valence-corrected chi connectivity index (χ3v) is 4.90. The molecule has 1 unspecified atom stereocenters. The number of nitrogens with zero attached hydrogens (tertiary/aromatic N) is 2. The second-order valence-electron chi connectivity index (χ2n) is 6.33. The first-order valence-corrected chi connectivity index (χ1v) is 8.89. The molecule has 0 saturated carbocycles. The van der Waals surface area contributed by atoms with Gasteiger partial charge in [0.1, 0.15) is 0 Å². The largest absolute Gasteiger partial charge is 0.388 e. The number of hydrogen-bond acceptors (Lipinski definition) is 3. The van der Waals surface area contributed by atoms with Crippen molar-refractivity contribution in [2.45, 2.75) is 18.9 Å². The maximum Gasteiger partial charge on any atom is 0.0991 e. The molecule has 2 aromatic carbocycles. The van der Waals surface area contributed by atoms with Gasteiger partial charge < -0.3 is 5.11 Å². The summed E-state index contributed by atoms with van der Waals surface area (Å²) in [7, 11) is 0. The summed E-state index contributed by atoms with van der Waals surface area (Å²) in [6.07, 6.45) is 3.47. The van der Waals surface area contributed by atoms with Crippen LogP contribution < -0.4 is 0 Å². The number of benzene rings is 2. The zero-order valence-electron chi connectivity index (χ0n) is 14.0. The first-order valence-electron chi connectivity index (χ1n) is 8.51. The Morgan fingerprint density at radius 3 is 2.44 bits per heavy atom. The molecule has 1 aliphatic rings. The molecule has 0 bridgehead atoms. The zero-order chi connectivity index (χ0) is 17.6. The first kappa shape index (κ1) is 17.7. The lowest BCUT2D eigenvalue weighted by atomic mass is 9.99. The van der Waals surface area contributed by atoms with E-state index in [1.165, 1.54) is 11.1 Å². The lowest BCUT2D eigenvalue weighted by Crippen LogP contribution is -2.30. The van der Waals surface area contributed by atoms with Crippen LogP contribution in [0.5, 0.6) is 0 Å². The molecule has 128 valence electrons. The van der Waals surface area contributed by atoms with Crippen LogP contribution in [0.2, 0.25) is 5.02 Å².